The average molecular weight is 289 g/mol. The first-order valence-corrected chi connectivity index (χ1v) is 7.89. The Morgan fingerprint density at radius 2 is 2.05 bits per heavy atom. The molecule has 1 amide bonds. The van der Waals surface area contributed by atoms with E-state index in [1.54, 1.807) is 0 Å². The maximum atomic E-state index is 12.6. The van der Waals surface area contributed by atoms with Crippen LogP contribution in [-0.4, -0.2) is 43.5 Å². The third-order valence-electron chi connectivity index (χ3n) is 4.37. The minimum Gasteiger partial charge on any atom is -0.375 e. The number of likely N-dealkylation sites (tertiary alicyclic amines) is 1. The Balaban J connectivity index is 2.06. The van der Waals surface area contributed by atoms with E-state index < -0.39 is 0 Å². The molecule has 4 nitrogen and oxygen atoms in total. The lowest BCUT2D eigenvalue weighted by Gasteiger charge is -2.22. The molecule has 1 aromatic rings. The van der Waals surface area contributed by atoms with Gasteiger partial charge in [0.05, 0.1) is 0 Å². The van der Waals surface area contributed by atoms with Crippen LogP contribution in [0, 0.1) is 5.92 Å². The molecule has 1 heterocycles. The van der Waals surface area contributed by atoms with Crippen LogP contribution in [0.2, 0.25) is 0 Å². The number of rotatable bonds is 5. The fourth-order valence-electron chi connectivity index (χ4n) is 3.08. The molecule has 21 heavy (non-hydrogen) atoms. The molecule has 0 radical (unpaired) electrons. The second kappa shape index (κ2) is 6.94. The summed E-state index contributed by atoms with van der Waals surface area (Å²) in [5.74, 6) is 0.571. The van der Waals surface area contributed by atoms with E-state index in [0.717, 1.165) is 37.2 Å². The molecule has 1 saturated heterocycles. The summed E-state index contributed by atoms with van der Waals surface area (Å²) < 4.78 is 0. The minimum atomic E-state index is 0.128. The van der Waals surface area contributed by atoms with Gasteiger partial charge in [0.1, 0.15) is 0 Å². The lowest BCUT2D eigenvalue weighted by atomic mass is 10.1. The van der Waals surface area contributed by atoms with Gasteiger partial charge in [-0.25, -0.2) is 0 Å². The number of amides is 1. The normalized spacial score (nSPS) is 21.6. The summed E-state index contributed by atoms with van der Waals surface area (Å²) in [5.41, 5.74) is 7.66. The van der Waals surface area contributed by atoms with Crippen LogP contribution in [0.1, 0.15) is 37.0 Å². The van der Waals surface area contributed by atoms with Gasteiger partial charge in [0, 0.05) is 37.4 Å². The van der Waals surface area contributed by atoms with Crippen LogP contribution >= 0.6 is 0 Å². The highest BCUT2D eigenvalue weighted by Crippen LogP contribution is 2.24. The molecule has 0 aliphatic carbocycles. The third-order valence-corrected chi connectivity index (χ3v) is 4.37. The van der Waals surface area contributed by atoms with Crippen LogP contribution in [0.25, 0.3) is 0 Å². The summed E-state index contributed by atoms with van der Waals surface area (Å²) in [6, 6.07) is 8.22. The van der Waals surface area contributed by atoms with Crippen molar-refractivity contribution in [2.24, 2.45) is 11.7 Å². The van der Waals surface area contributed by atoms with Crippen molar-refractivity contribution in [1.29, 1.82) is 0 Å². The lowest BCUT2D eigenvalue weighted by molar-refractivity contribution is 0.0743. The maximum absolute atomic E-state index is 12.6. The molecule has 2 rings (SSSR count). The van der Waals surface area contributed by atoms with Crippen molar-refractivity contribution < 1.29 is 4.79 Å². The summed E-state index contributed by atoms with van der Waals surface area (Å²) in [6.45, 7) is 6.74. The number of benzene rings is 1. The Bertz CT molecular complexity index is 471. The van der Waals surface area contributed by atoms with Crippen LogP contribution in [-0.2, 0) is 0 Å². The predicted molar refractivity (Wildman–Crippen MR) is 87.7 cm³/mol. The second-order valence-corrected chi connectivity index (χ2v) is 6.11. The first-order valence-electron chi connectivity index (χ1n) is 7.89. The number of hydrogen-bond donors (Lipinski definition) is 1. The molecular formula is C17H27N3O. The molecule has 1 aromatic carbocycles. The zero-order valence-corrected chi connectivity index (χ0v) is 13.4. The van der Waals surface area contributed by atoms with Gasteiger partial charge in [-0.3, -0.25) is 4.79 Å². The van der Waals surface area contributed by atoms with Gasteiger partial charge in [0.2, 0.25) is 0 Å². The van der Waals surface area contributed by atoms with Crippen LogP contribution in [0.5, 0.6) is 0 Å². The Kier molecular flexibility index (Phi) is 5.23. The quantitative estimate of drug-likeness (QED) is 0.905. The zero-order chi connectivity index (χ0) is 15.4. The van der Waals surface area contributed by atoms with E-state index in [1.165, 1.54) is 0 Å². The van der Waals surface area contributed by atoms with E-state index in [9.17, 15) is 4.79 Å². The van der Waals surface area contributed by atoms with Gasteiger partial charge >= 0.3 is 0 Å². The minimum absolute atomic E-state index is 0.128. The summed E-state index contributed by atoms with van der Waals surface area (Å²) in [4.78, 5) is 16.8. The predicted octanol–water partition coefficient (Wildman–Crippen LogP) is 2.34. The Morgan fingerprint density at radius 3 is 2.57 bits per heavy atom. The van der Waals surface area contributed by atoms with E-state index in [-0.39, 0.29) is 11.9 Å². The van der Waals surface area contributed by atoms with Crippen molar-refractivity contribution in [3.8, 4) is 0 Å². The molecule has 4 heteroatoms. The molecule has 0 spiro atoms. The van der Waals surface area contributed by atoms with Crippen molar-refractivity contribution >= 4 is 11.6 Å². The summed E-state index contributed by atoms with van der Waals surface area (Å²) in [7, 11) is 2.08. The second-order valence-electron chi connectivity index (χ2n) is 6.11. The molecular weight excluding hydrogens is 262 g/mol. The van der Waals surface area contributed by atoms with Crippen LogP contribution in [0.4, 0.5) is 5.69 Å². The Hall–Kier alpha value is -1.55. The fraction of sp³-hybridized carbons (Fsp3) is 0.588. The molecule has 0 bridgehead atoms. The highest BCUT2D eigenvalue weighted by Gasteiger charge is 2.31. The van der Waals surface area contributed by atoms with E-state index >= 15 is 0 Å². The van der Waals surface area contributed by atoms with Gasteiger partial charge < -0.3 is 15.5 Å². The number of carbonyl (C=O) groups is 1. The summed E-state index contributed by atoms with van der Waals surface area (Å²) in [5, 5.41) is 0. The zero-order valence-electron chi connectivity index (χ0n) is 13.4. The SMILES string of the molecule is CCCN(C)c1ccc(C(=O)N2CC(CN)CC2C)cc1. The standard InChI is InChI=1S/C17H27N3O/c1-4-9-19(3)16-7-5-15(6-8-16)17(21)20-12-14(11-18)10-13(20)2/h5-8,13-14H,4,9-12,18H2,1-3H3. The Morgan fingerprint density at radius 1 is 1.38 bits per heavy atom. The van der Waals surface area contributed by atoms with Gasteiger partial charge in [-0.1, -0.05) is 6.92 Å². The first-order chi connectivity index (χ1) is 10.1. The fourth-order valence-corrected chi connectivity index (χ4v) is 3.08. The van der Waals surface area contributed by atoms with Crippen molar-refractivity contribution in [2.45, 2.75) is 32.7 Å². The molecule has 0 aromatic heterocycles. The monoisotopic (exact) mass is 289 g/mol. The summed E-state index contributed by atoms with van der Waals surface area (Å²) in [6.07, 6.45) is 2.13. The third kappa shape index (κ3) is 3.56. The van der Waals surface area contributed by atoms with E-state index in [2.05, 4.69) is 25.8 Å². The van der Waals surface area contributed by atoms with Crippen LogP contribution < -0.4 is 10.6 Å². The largest absolute Gasteiger partial charge is 0.375 e. The van der Waals surface area contributed by atoms with Gasteiger partial charge in [-0.05, 0) is 56.5 Å². The Labute approximate surface area is 127 Å². The molecule has 0 saturated carbocycles. The van der Waals surface area contributed by atoms with Crippen molar-refractivity contribution in [1.82, 2.24) is 4.90 Å². The smallest absolute Gasteiger partial charge is 0.254 e. The van der Waals surface area contributed by atoms with Gasteiger partial charge in [0.25, 0.3) is 5.91 Å². The average Bonchev–Trinajstić information content (AvgIpc) is 2.88. The molecule has 1 fully saturated rings. The molecule has 1 aliphatic heterocycles. The highest BCUT2D eigenvalue weighted by molar-refractivity contribution is 5.95. The van der Waals surface area contributed by atoms with Crippen LogP contribution in [0.3, 0.4) is 0 Å². The molecule has 2 atom stereocenters. The van der Waals surface area contributed by atoms with Gasteiger partial charge in [-0.15, -0.1) is 0 Å². The van der Waals surface area contributed by atoms with E-state index in [4.69, 9.17) is 5.73 Å². The van der Waals surface area contributed by atoms with Gasteiger partial charge in [-0.2, -0.15) is 0 Å². The van der Waals surface area contributed by atoms with Crippen LogP contribution in [0.15, 0.2) is 24.3 Å². The molecule has 1 aliphatic rings. The molecule has 116 valence electrons. The van der Waals surface area contributed by atoms with E-state index in [0.29, 0.717) is 12.5 Å². The number of anilines is 1. The van der Waals surface area contributed by atoms with Crippen molar-refractivity contribution in [3.05, 3.63) is 29.8 Å². The van der Waals surface area contributed by atoms with E-state index in [1.807, 2.05) is 29.2 Å². The highest BCUT2D eigenvalue weighted by atomic mass is 16.2. The number of hydrogen-bond acceptors (Lipinski definition) is 3. The molecule has 2 unspecified atom stereocenters. The summed E-state index contributed by atoms with van der Waals surface area (Å²) >= 11 is 0. The number of nitrogens with zero attached hydrogens (tertiary/aromatic N) is 2. The topological polar surface area (TPSA) is 49.6 Å². The van der Waals surface area contributed by atoms with Gasteiger partial charge in [0.15, 0.2) is 0 Å². The van der Waals surface area contributed by atoms with Crippen molar-refractivity contribution in [3.63, 3.8) is 0 Å². The molecule has 2 N–H and O–H groups in total. The maximum Gasteiger partial charge on any atom is 0.254 e. The number of carbonyl (C=O) groups excluding carboxylic acids is 1. The number of nitrogens with two attached hydrogens (primary N) is 1. The lowest BCUT2D eigenvalue weighted by Crippen LogP contribution is -2.34. The first kappa shape index (κ1) is 15.8. The van der Waals surface area contributed by atoms with Crippen molar-refractivity contribution in [2.75, 3.05) is 31.6 Å².